The summed E-state index contributed by atoms with van der Waals surface area (Å²) in [6, 6.07) is 2.73. The van der Waals surface area contributed by atoms with Gasteiger partial charge in [0.05, 0.1) is 0 Å². The van der Waals surface area contributed by atoms with Crippen LogP contribution in [0.15, 0.2) is 12.4 Å². The van der Waals surface area contributed by atoms with Gasteiger partial charge in [-0.2, -0.15) is 0 Å². The summed E-state index contributed by atoms with van der Waals surface area (Å²) in [7, 11) is 2.05. The Balaban J connectivity index is 2.01. The van der Waals surface area contributed by atoms with Gasteiger partial charge in [0.2, 0.25) is 0 Å². The van der Waals surface area contributed by atoms with E-state index in [-0.39, 0.29) is 0 Å². The van der Waals surface area contributed by atoms with Crippen molar-refractivity contribution in [2.24, 2.45) is 5.92 Å². The highest BCUT2D eigenvalue weighted by Crippen LogP contribution is 2.33. The Hall–Kier alpha value is -0.960. The average Bonchev–Trinajstić information content (AvgIpc) is 3.10. The average molecular weight is 205 g/mol. The highest BCUT2D eigenvalue weighted by Gasteiger charge is 2.30. The molecule has 1 aromatic rings. The molecule has 1 fully saturated rings. The van der Waals surface area contributed by atoms with Crippen LogP contribution in [0, 0.1) is 5.92 Å². The second kappa shape index (κ2) is 4.71. The zero-order valence-corrected chi connectivity index (χ0v) is 9.53. The van der Waals surface area contributed by atoms with E-state index < -0.39 is 0 Å². The van der Waals surface area contributed by atoms with Gasteiger partial charge >= 0.3 is 0 Å². The van der Waals surface area contributed by atoms with Crippen molar-refractivity contribution in [3.63, 3.8) is 0 Å². The Bertz CT molecular complexity index is 320. The highest BCUT2D eigenvalue weighted by atomic mass is 14.9. The van der Waals surface area contributed by atoms with Crippen molar-refractivity contribution in [3.05, 3.63) is 23.8 Å². The molecule has 1 heterocycles. The molecule has 1 unspecified atom stereocenters. The number of hydrogen-bond acceptors (Lipinski definition) is 3. The number of aryl methyl sites for hydroxylation is 1. The van der Waals surface area contributed by atoms with Crippen LogP contribution in [0.2, 0.25) is 0 Å². The summed E-state index contributed by atoms with van der Waals surface area (Å²) in [5.41, 5.74) is 2.32. The molecule has 1 atom stereocenters. The smallest absolute Gasteiger partial charge is 0.115 e. The highest BCUT2D eigenvalue weighted by molar-refractivity contribution is 5.10. The molecule has 82 valence electrons. The summed E-state index contributed by atoms with van der Waals surface area (Å²) < 4.78 is 0. The Labute approximate surface area is 91.3 Å². The number of nitrogens with zero attached hydrogens (tertiary/aromatic N) is 2. The van der Waals surface area contributed by atoms with Crippen molar-refractivity contribution in [1.29, 1.82) is 0 Å². The number of rotatable bonds is 5. The maximum Gasteiger partial charge on any atom is 0.115 e. The van der Waals surface area contributed by atoms with Crippen molar-refractivity contribution in [3.8, 4) is 0 Å². The van der Waals surface area contributed by atoms with Crippen molar-refractivity contribution in [2.45, 2.75) is 38.6 Å². The molecule has 0 spiro atoms. The van der Waals surface area contributed by atoms with E-state index >= 15 is 0 Å². The lowest BCUT2D eigenvalue weighted by atomic mass is 10.1. The van der Waals surface area contributed by atoms with Crippen LogP contribution in [0.25, 0.3) is 0 Å². The number of hydrogen-bond donors (Lipinski definition) is 1. The molecule has 0 amide bonds. The van der Waals surface area contributed by atoms with Gasteiger partial charge in [0, 0.05) is 23.9 Å². The third-order valence-electron chi connectivity index (χ3n) is 3.13. The van der Waals surface area contributed by atoms with Crippen LogP contribution in [0.5, 0.6) is 0 Å². The molecule has 2 rings (SSSR count). The summed E-state index contributed by atoms with van der Waals surface area (Å²) in [6.07, 6.45) is 6.46. The molecular formula is C12H19N3. The maximum atomic E-state index is 4.33. The number of likely N-dealkylation sites (N-methyl/N-ethyl adjacent to an activating group) is 1. The van der Waals surface area contributed by atoms with E-state index in [9.17, 15) is 0 Å². The molecule has 0 aromatic carbocycles. The Morgan fingerprint density at radius 2 is 2.13 bits per heavy atom. The van der Waals surface area contributed by atoms with Gasteiger partial charge in [0.1, 0.15) is 6.33 Å². The fraction of sp³-hybridized carbons (Fsp3) is 0.667. The van der Waals surface area contributed by atoms with Crippen LogP contribution in [-0.2, 0) is 12.8 Å². The van der Waals surface area contributed by atoms with Gasteiger partial charge in [-0.1, -0.05) is 6.92 Å². The Morgan fingerprint density at radius 1 is 1.40 bits per heavy atom. The van der Waals surface area contributed by atoms with Gasteiger partial charge < -0.3 is 5.32 Å². The van der Waals surface area contributed by atoms with Crippen LogP contribution < -0.4 is 5.32 Å². The topological polar surface area (TPSA) is 37.8 Å². The van der Waals surface area contributed by atoms with E-state index in [0.717, 1.165) is 24.5 Å². The zero-order chi connectivity index (χ0) is 10.7. The lowest BCUT2D eigenvalue weighted by Gasteiger charge is -2.14. The van der Waals surface area contributed by atoms with Crippen molar-refractivity contribution in [1.82, 2.24) is 15.3 Å². The summed E-state index contributed by atoms with van der Waals surface area (Å²) >= 11 is 0. The monoisotopic (exact) mass is 205 g/mol. The fourth-order valence-corrected chi connectivity index (χ4v) is 1.98. The van der Waals surface area contributed by atoms with E-state index in [2.05, 4.69) is 28.3 Å². The molecule has 3 nitrogen and oxygen atoms in total. The van der Waals surface area contributed by atoms with Crippen molar-refractivity contribution < 1.29 is 0 Å². The molecule has 1 N–H and O–H groups in total. The van der Waals surface area contributed by atoms with E-state index in [1.54, 1.807) is 6.33 Å². The third kappa shape index (κ3) is 2.75. The molecule has 0 aliphatic heterocycles. The van der Waals surface area contributed by atoms with Gasteiger partial charge in [0.15, 0.2) is 0 Å². The molecule has 0 saturated heterocycles. The summed E-state index contributed by atoms with van der Waals surface area (Å²) in [5.74, 6) is 0.870. The van der Waals surface area contributed by atoms with Gasteiger partial charge in [0.25, 0.3) is 0 Å². The molecule has 1 aliphatic carbocycles. The summed E-state index contributed by atoms with van der Waals surface area (Å²) in [5, 5.41) is 3.39. The first-order valence-corrected chi connectivity index (χ1v) is 5.80. The van der Waals surface area contributed by atoms with E-state index in [1.807, 2.05) is 7.05 Å². The van der Waals surface area contributed by atoms with Crippen LogP contribution in [-0.4, -0.2) is 23.1 Å². The quantitative estimate of drug-likeness (QED) is 0.793. The standard InChI is InChI=1S/C12H19N3/c1-3-10-6-11(15-8-14-10)7-12(13-2)9-4-5-9/h6,8-9,12-13H,3-5,7H2,1-2H3. The first kappa shape index (κ1) is 10.6. The van der Waals surface area contributed by atoms with Crippen LogP contribution in [0.1, 0.15) is 31.2 Å². The van der Waals surface area contributed by atoms with Crippen LogP contribution in [0.3, 0.4) is 0 Å². The molecular weight excluding hydrogens is 186 g/mol. The van der Waals surface area contributed by atoms with Gasteiger partial charge in [-0.05, 0) is 38.3 Å². The zero-order valence-electron chi connectivity index (χ0n) is 9.53. The molecule has 15 heavy (non-hydrogen) atoms. The molecule has 3 heteroatoms. The largest absolute Gasteiger partial charge is 0.316 e. The second-order valence-corrected chi connectivity index (χ2v) is 4.29. The second-order valence-electron chi connectivity index (χ2n) is 4.29. The fourth-order valence-electron chi connectivity index (χ4n) is 1.98. The molecule has 1 aliphatic rings. The van der Waals surface area contributed by atoms with E-state index in [1.165, 1.54) is 18.5 Å². The summed E-state index contributed by atoms with van der Waals surface area (Å²) in [6.45, 7) is 2.13. The van der Waals surface area contributed by atoms with E-state index in [4.69, 9.17) is 0 Å². The Kier molecular flexibility index (Phi) is 3.31. The minimum Gasteiger partial charge on any atom is -0.316 e. The lowest BCUT2D eigenvalue weighted by molar-refractivity contribution is 0.495. The van der Waals surface area contributed by atoms with Gasteiger partial charge in [-0.15, -0.1) is 0 Å². The van der Waals surface area contributed by atoms with Crippen LogP contribution >= 0.6 is 0 Å². The Morgan fingerprint density at radius 3 is 2.73 bits per heavy atom. The minimum atomic E-state index is 0.601. The summed E-state index contributed by atoms with van der Waals surface area (Å²) in [4.78, 5) is 8.55. The lowest BCUT2D eigenvalue weighted by Crippen LogP contribution is -2.30. The van der Waals surface area contributed by atoms with Gasteiger partial charge in [-0.3, -0.25) is 0 Å². The predicted molar refractivity (Wildman–Crippen MR) is 60.7 cm³/mol. The molecule has 1 aromatic heterocycles. The predicted octanol–water partition coefficient (Wildman–Crippen LogP) is 1.58. The van der Waals surface area contributed by atoms with Crippen molar-refractivity contribution >= 4 is 0 Å². The first-order chi connectivity index (χ1) is 7.33. The number of aromatic nitrogens is 2. The molecule has 0 radical (unpaired) electrons. The first-order valence-electron chi connectivity index (χ1n) is 5.80. The van der Waals surface area contributed by atoms with E-state index in [0.29, 0.717) is 6.04 Å². The van der Waals surface area contributed by atoms with Crippen molar-refractivity contribution in [2.75, 3.05) is 7.05 Å². The maximum absolute atomic E-state index is 4.33. The third-order valence-corrected chi connectivity index (χ3v) is 3.13. The van der Waals surface area contributed by atoms with Gasteiger partial charge in [-0.25, -0.2) is 9.97 Å². The van der Waals surface area contributed by atoms with Crippen LogP contribution in [0.4, 0.5) is 0 Å². The normalized spacial score (nSPS) is 17.7. The number of nitrogens with one attached hydrogen (secondary N) is 1. The molecule has 1 saturated carbocycles. The minimum absolute atomic E-state index is 0.601. The SMILES string of the molecule is CCc1cc(CC(NC)C2CC2)ncn1. The molecule has 0 bridgehead atoms.